The third-order valence-corrected chi connectivity index (χ3v) is 6.08. The van der Waals surface area contributed by atoms with E-state index in [9.17, 15) is 14.0 Å². The molecule has 0 saturated carbocycles. The van der Waals surface area contributed by atoms with Gasteiger partial charge in [0.15, 0.2) is 0 Å². The molecule has 0 fully saturated rings. The van der Waals surface area contributed by atoms with Gasteiger partial charge in [-0.3, -0.25) is 9.59 Å². The maximum Gasteiger partial charge on any atom is 0.242 e. The second-order valence-corrected chi connectivity index (χ2v) is 8.99. The van der Waals surface area contributed by atoms with E-state index in [-0.39, 0.29) is 36.0 Å². The predicted molar refractivity (Wildman–Crippen MR) is 122 cm³/mol. The van der Waals surface area contributed by atoms with Crippen molar-refractivity contribution >= 4 is 46.8 Å². The number of hydrogen-bond acceptors (Lipinski definition) is 3. The molecule has 8 heteroatoms. The largest absolute Gasteiger partial charge is 0.352 e. The van der Waals surface area contributed by atoms with Gasteiger partial charge in [-0.2, -0.15) is 0 Å². The van der Waals surface area contributed by atoms with Crippen molar-refractivity contribution in [2.75, 3.05) is 5.75 Å². The Hall–Kier alpha value is -1.76. The SMILES string of the molecule is CC(C)NC(=O)[C@H](C)N(Cc1ccc(Cl)c(Cl)c1)C(=O)CSCc1ccccc1F. The summed E-state index contributed by atoms with van der Waals surface area (Å²) in [6.45, 7) is 5.62. The van der Waals surface area contributed by atoms with Crippen LogP contribution in [0.1, 0.15) is 31.9 Å². The molecule has 0 saturated heterocycles. The highest BCUT2D eigenvalue weighted by atomic mass is 35.5. The van der Waals surface area contributed by atoms with Crippen molar-refractivity contribution in [2.24, 2.45) is 0 Å². The average molecular weight is 471 g/mol. The summed E-state index contributed by atoms with van der Waals surface area (Å²) in [6.07, 6.45) is 0. The van der Waals surface area contributed by atoms with Gasteiger partial charge < -0.3 is 10.2 Å². The second kappa shape index (κ2) is 11.6. The van der Waals surface area contributed by atoms with Crippen LogP contribution in [0.2, 0.25) is 10.0 Å². The summed E-state index contributed by atoms with van der Waals surface area (Å²) in [6, 6.07) is 10.9. The molecule has 0 aliphatic carbocycles. The number of carbonyl (C=O) groups excluding carboxylic acids is 2. The van der Waals surface area contributed by atoms with Crippen LogP contribution >= 0.6 is 35.0 Å². The fraction of sp³-hybridized carbons (Fsp3) is 0.364. The summed E-state index contributed by atoms with van der Waals surface area (Å²) in [7, 11) is 0. The quantitative estimate of drug-likeness (QED) is 0.540. The Kier molecular flexibility index (Phi) is 9.46. The highest BCUT2D eigenvalue weighted by molar-refractivity contribution is 7.99. The van der Waals surface area contributed by atoms with E-state index in [0.717, 1.165) is 5.56 Å². The number of hydrogen-bond donors (Lipinski definition) is 1. The molecule has 0 unspecified atom stereocenters. The Labute approximate surface area is 191 Å². The van der Waals surface area contributed by atoms with Crippen LogP contribution in [0.5, 0.6) is 0 Å². The number of rotatable bonds is 9. The van der Waals surface area contributed by atoms with Crippen LogP contribution in [0.15, 0.2) is 42.5 Å². The Morgan fingerprint density at radius 2 is 1.80 bits per heavy atom. The van der Waals surface area contributed by atoms with E-state index in [0.29, 0.717) is 21.4 Å². The lowest BCUT2D eigenvalue weighted by Crippen LogP contribution is -2.49. The van der Waals surface area contributed by atoms with E-state index < -0.39 is 6.04 Å². The maximum absolute atomic E-state index is 13.8. The zero-order valence-corrected chi connectivity index (χ0v) is 19.5. The monoisotopic (exact) mass is 470 g/mol. The minimum atomic E-state index is -0.677. The summed E-state index contributed by atoms with van der Waals surface area (Å²) >= 11 is 13.4. The zero-order valence-electron chi connectivity index (χ0n) is 17.1. The lowest BCUT2D eigenvalue weighted by molar-refractivity contribution is -0.138. The van der Waals surface area contributed by atoms with Crippen molar-refractivity contribution in [3.05, 3.63) is 69.5 Å². The number of halogens is 3. The molecule has 2 aromatic rings. The first-order valence-corrected chi connectivity index (χ1v) is 11.4. The predicted octanol–water partition coefficient (Wildman–Crippen LogP) is 5.31. The summed E-state index contributed by atoms with van der Waals surface area (Å²) < 4.78 is 13.8. The third-order valence-electron chi connectivity index (χ3n) is 4.38. The van der Waals surface area contributed by atoms with Crippen LogP contribution in [0, 0.1) is 5.82 Å². The Morgan fingerprint density at radius 1 is 1.10 bits per heavy atom. The molecule has 0 aromatic heterocycles. The first kappa shape index (κ1) is 24.5. The van der Waals surface area contributed by atoms with Crippen molar-refractivity contribution in [2.45, 2.75) is 45.2 Å². The standard InChI is InChI=1S/C22H25Cl2FN2O2S/c1-14(2)26-22(29)15(3)27(11-16-8-9-18(23)19(24)10-16)21(28)13-30-12-17-6-4-5-7-20(17)25/h4-10,14-15H,11-13H2,1-3H3,(H,26,29)/t15-/m0/s1. The van der Waals surface area contributed by atoms with Gasteiger partial charge in [0.2, 0.25) is 11.8 Å². The fourth-order valence-electron chi connectivity index (χ4n) is 2.77. The van der Waals surface area contributed by atoms with Gasteiger partial charge in [0, 0.05) is 18.3 Å². The van der Waals surface area contributed by atoms with Crippen LogP contribution in [0.3, 0.4) is 0 Å². The van der Waals surface area contributed by atoms with Gasteiger partial charge >= 0.3 is 0 Å². The highest BCUT2D eigenvalue weighted by Gasteiger charge is 2.26. The number of carbonyl (C=O) groups is 2. The van der Waals surface area contributed by atoms with Gasteiger partial charge in [0.05, 0.1) is 15.8 Å². The van der Waals surface area contributed by atoms with E-state index in [4.69, 9.17) is 23.2 Å². The average Bonchev–Trinajstić information content (AvgIpc) is 2.69. The fourth-order valence-corrected chi connectivity index (χ4v) is 3.99. The molecule has 4 nitrogen and oxygen atoms in total. The Bertz CT molecular complexity index is 895. The molecule has 0 aliphatic heterocycles. The zero-order chi connectivity index (χ0) is 22.3. The molecule has 2 amide bonds. The molecular weight excluding hydrogens is 446 g/mol. The summed E-state index contributed by atoms with van der Waals surface area (Å²) in [5, 5.41) is 3.64. The van der Waals surface area contributed by atoms with E-state index >= 15 is 0 Å². The number of benzene rings is 2. The van der Waals surface area contributed by atoms with Crippen LogP contribution in [-0.2, 0) is 21.9 Å². The van der Waals surface area contributed by atoms with E-state index in [1.165, 1.54) is 22.7 Å². The van der Waals surface area contributed by atoms with Gasteiger partial charge in [-0.05, 0) is 50.1 Å². The molecule has 1 atom stereocenters. The summed E-state index contributed by atoms with van der Waals surface area (Å²) in [5.74, 6) is -0.262. The van der Waals surface area contributed by atoms with E-state index in [1.807, 2.05) is 13.8 Å². The smallest absolute Gasteiger partial charge is 0.242 e. The highest BCUT2D eigenvalue weighted by Crippen LogP contribution is 2.24. The summed E-state index contributed by atoms with van der Waals surface area (Å²) in [4.78, 5) is 27.0. The number of nitrogens with one attached hydrogen (secondary N) is 1. The van der Waals surface area contributed by atoms with Gasteiger partial charge in [-0.15, -0.1) is 11.8 Å². The first-order chi connectivity index (χ1) is 14.2. The molecule has 0 aliphatic rings. The third kappa shape index (κ3) is 7.18. The van der Waals surface area contributed by atoms with Gasteiger partial charge in [0.1, 0.15) is 11.9 Å². The molecule has 30 heavy (non-hydrogen) atoms. The molecular formula is C22H25Cl2FN2O2S. The topological polar surface area (TPSA) is 49.4 Å². The second-order valence-electron chi connectivity index (χ2n) is 7.19. The maximum atomic E-state index is 13.8. The normalized spacial score (nSPS) is 12.0. The van der Waals surface area contributed by atoms with Crippen molar-refractivity contribution in [1.29, 1.82) is 0 Å². The molecule has 0 spiro atoms. The minimum absolute atomic E-state index is 0.0442. The summed E-state index contributed by atoms with van der Waals surface area (Å²) in [5.41, 5.74) is 1.30. The van der Waals surface area contributed by atoms with Crippen molar-refractivity contribution < 1.29 is 14.0 Å². The van der Waals surface area contributed by atoms with Crippen molar-refractivity contribution in [3.8, 4) is 0 Å². The molecule has 162 valence electrons. The van der Waals surface area contributed by atoms with Crippen LogP contribution in [0.25, 0.3) is 0 Å². The van der Waals surface area contributed by atoms with E-state index in [2.05, 4.69) is 5.32 Å². The molecule has 1 N–H and O–H groups in total. The Morgan fingerprint density at radius 3 is 2.43 bits per heavy atom. The Balaban J connectivity index is 2.12. The molecule has 2 aromatic carbocycles. The molecule has 2 rings (SSSR count). The molecule has 0 heterocycles. The number of amides is 2. The lowest BCUT2D eigenvalue weighted by atomic mass is 10.1. The van der Waals surface area contributed by atoms with Gasteiger partial charge in [0.25, 0.3) is 0 Å². The van der Waals surface area contributed by atoms with Crippen LogP contribution in [0.4, 0.5) is 4.39 Å². The lowest BCUT2D eigenvalue weighted by Gasteiger charge is -2.29. The molecule has 0 radical (unpaired) electrons. The van der Waals surface area contributed by atoms with Crippen molar-refractivity contribution in [1.82, 2.24) is 10.2 Å². The number of nitrogens with zero attached hydrogens (tertiary/aromatic N) is 1. The minimum Gasteiger partial charge on any atom is -0.352 e. The van der Waals surface area contributed by atoms with Gasteiger partial charge in [-0.25, -0.2) is 4.39 Å². The molecule has 0 bridgehead atoms. The van der Waals surface area contributed by atoms with Crippen LogP contribution in [-0.4, -0.2) is 34.6 Å². The first-order valence-electron chi connectivity index (χ1n) is 9.54. The van der Waals surface area contributed by atoms with Gasteiger partial charge in [-0.1, -0.05) is 47.5 Å². The van der Waals surface area contributed by atoms with Crippen LogP contribution < -0.4 is 5.32 Å². The van der Waals surface area contributed by atoms with E-state index in [1.54, 1.807) is 43.3 Å². The number of thioether (sulfide) groups is 1. The van der Waals surface area contributed by atoms with Crippen molar-refractivity contribution in [3.63, 3.8) is 0 Å².